The van der Waals surface area contributed by atoms with Crippen LogP contribution in [0.5, 0.6) is 5.75 Å². The minimum Gasteiger partial charge on any atom is -0.462 e. The number of carbonyl (C=O) groups is 1. The van der Waals surface area contributed by atoms with Gasteiger partial charge in [-0.2, -0.15) is 0 Å². The lowest BCUT2D eigenvalue weighted by Gasteiger charge is -2.46. The third kappa shape index (κ3) is 6.01. The highest BCUT2D eigenvalue weighted by molar-refractivity contribution is 5.98. The first kappa shape index (κ1) is 28.7. The highest BCUT2D eigenvalue weighted by Crippen LogP contribution is 2.36. The summed E-state index contributed by atoms with van der Waals surface area (Å²) in [5.41, 5.74) is 3.80. The third-order valence-corrected chi connectivity index (χ3v) is 7.83. The highest BCUT2D eigenvalue weighted by Gasteiger charge is 2.47. The second kappa shape index (κ2) is 11.1. The molecule has 0 aliphatic carbocycles. The van der Waals surface area contributed by atoms with Crippen LogP contribution in [0.2, 0.25) is 0 Å². The standard InChI is InChI=1S/C32H38O7/c1-17(2)8-10-21-14-22(11-9-18(21)3)25(33)16-24-15-23-12-13-26(19(4)29(23)38-30(24)36)37-31-28(35)27(34)20(5)32(6,7)39-31/h8-9,11-15,20,27-28,31,34-35H,10,16H2,1-7H3/t20-,27+,28+,31?/m1/s1. The van der Waals surface area contributed by atoms with Gasteiger partial charge in [0.05, 0.1) is 11.7 Å². The molecule has 208 valence electrons. The molecule has 4 rings (SSSR count). The van der Waals surface area contributed by atoms with E-state index in [1.165, 1.54) is 5.57 Å². The van der Waals surface area contributed by atoms with Crippen molar-refractivity contribution in [3.63, 3.8) is 0 Å². The van der Waals surface area contributed by atoms with Crippen molar-refractivity contribution >= 4 is 16.8 Å². The van der Waals surface area contributed by atoms with Crippen LogP contribution in [-0.2, 0) is 17.6 Å². The zero-order valence-electron chi connectivity index (χ0n) is 23.7. The first-order chi connectivity index (χ1) is 18.3. The van der Waals surface area contributed by atoms with Crippen LogP contribution in [0.15, 0.2) is 57.3 Å². The van der Waals surface area contributed by atoms with Gasteiger partial charge in [0.1, 0.15) is 17.4 Å². The molecule has 4 atom stereocenters. The fourth-order valence-electron chi connectivity index (χ4n) is 4.82. The van der Waals surface area contributed by atoms with Crippen molar-refractivity contribution in [1.82, 2.24) is 0 Å². The molecule has 1 saturated heterocycles. The predicted octanol–water partition coefficient (Wildman–Crippen LogP) is 5.22. The summed E-state index contributed by atoms with van der Waals surface area (Å²) < 4.78 is 17.6. The van der Waals surface area contributed by atoms with Crippen LogP contribution in [0.4, 0.5) is 0 Å². The van der Waals surface area contributed by atoms with E-state index in [2.05, 4.69) is 6.08 Å². The monoisotopic (exact) mass is 534 g/mol. The molecule has 2 N–H and O–H groups in total. The number of aryl methyl sites for hydroxylation is 2. The Hall–Kier alpha value is -3.26. The minimum atomic E-state index is -1.24. The topological polar surface area (TPSA) is 106 Å². The van der Waals surface area contributed by atoms with Crippen LogP contribution >= 0.6 is 0 Å². The maximum Gasteiger partial charge on any atom is 0.339 e. The number of ether oxygens (including phenoxy) is 2. The lowest BCUT2D eigenvalue weighted by molar-refractivity contribution is -0.285. The lowest BCUT2D eigenvalue weighted by atomic mass is 9.82. The molecule has 1 fully saturated rings. The fraction of sp³-hybridized carbons (Fsp3) is 0.438. The molecule has 3 aromatic rings. The smallest absolute Gasteiger partial charge is 0.339 e. The van der Waals surface area contributed by atoms with Crippen LogP contribution in [0.25, 0.3) is 11.0 Å². The number of allylic oxidation sites excluding steroid dienone is 2. The molecule has 1 aliphatic rings. The van der Waals surface area contributed by atoms with Crippen LogP contribution < -0.4 is 10.4 Å². The van der Waals surface area contributed by atoms with Crippen LogP contribution in [-0.4, -0.2) is 40.1 Å². The molecule has 1 aromatic heterocycles. The van der Waals surface area contributed by atoms with Crippen molar-refractivity contribution in [2.45, 2.75) is 85.4 Å². The summed E-state index contributed by atoms with van der Waals surface area (Å²) in [5.74, 6) is -0.0942. The average Bonchev–Trinajstić information content (AvgIpc) is 2.88. The molecule has 7 nitrogen and oxygen atoms in total. The molecule has 2 aromatic carbocycles. The van der Waals surface area contributed by atoms with Crippen molar-refractivity contribution in [2.24, 2.45) is 5.92 Å². The van der Waals surface area contributed by atoms with Gasteiger partial charge in [0.2, 0.25) is 6.29 Å². The van der Waals surface area contributed by atoms with Crippen molar-refractivity contribution in [3.05, 3.63) is 86.3 Å². The first-order valence-corrected chi connectivity index (χ1v) is 13.3. The highest BCUT2D eigenvalue weighted by atomic mass is 16.7. The molecule has 0 spiro atoms. The molecule has 0 radical (unpaired) electrons. The largest absolute Gasteiger partial charge is 0.462 e. The average molecular weight is 535 g/mol. The number of benzene rings is 2. The van der Waals surface area contributed by atoms with E-state index in [9.17, 15) is 19.8 Å². The molecular formula is C32H38O7. The number of aliphatic hydroxyl groups is 2. The van der Waals surface area contributed by atoms with E-state index in [-0.39, 0.29) is 23.7 Å². The van der Waals surface area contributed by atoms with Gasteiger partial charge >= 0.3 is 5.63 Å². The molecule has 39 heavy (non-hydrogen) atoms. The molecule has 1 aliphatic heterocycles. The van der Waals surface area contributed by atoms with Gasteiger partial charge in [0.25, 0.3) is 0 Å². The Balaban J connectivity index is 1.58. The third-order valence-electron chi connectivity index (χ3n) is 7.83. The van der Waals surface area contributed by atoms with Gasteiger partial charge in [0.15, 0.2) is 5.78 Å². The number of fused-ring (bicyclic) bond motifs is 1. The zero-order chi connectivity index (χ0) is 28.6. The Morgan fingerprint density at radius 3 is 2.46 bits per heavy atom. The lowest BCUT2D eigenvalue weighted by Crippen LogP contribution is -2.59. The van der Waals surface area contributed by atoms with Crippen LogP contribution in [0, 0.1) is 19.8 Å². The van der Waals surface area contributed by atoms with Gasteiger partial charge in [-0.15, -0.1) is 0 Å². The van der Waals surface area contributed by atoms with E-state index in [0.29, 0.717) is 27.8 Å². The molecule has 7 heteroatoms. The van der Waals surface area contributed by atoms with E-state index < -0.39 is 29.7 Å². The molecule has 0 amide bonds. The SMILES string of the molecule is CC(C)=CCc1cc(C(=O)Cc2cc3ccc(OC4OC(C)(C)[C@H](C)[C@H](O)[C@@H]4O)c(C)c3oc2=O)ccc1C. The van der Waals surface area contributed by atoms with Gasteiger partial charge in [-0.25, -0.2) is 4.79 Å². The molecule has 2 heterocycles. The summed E-state index contributed by atoms with van der Waals surface area (Å²) in [6, 6.07) is 10.7. The Bertz CT molecular complexity index is 1480. The Labute approximate surface area is 229 Å². The van der Waals surface area contributed by atoms with Gasteiger partial charge in [-0.05, 0) is 83.4 Å². The first-order valence-electron chi connectivity index (χ1n) is 13.3. The number of hydrogen-bond acceptors (Lipinski definition) is 7. The van der Waals surface area contributed by atoms with Crippen molar-refractivity contribution in [3.8, 4) is 5.75 Å². The van der Waals surface area contributed by atoms with Crippen molar-refractivity contribution < 1.29 is 28.9 Å². The number of ketones is 1. The second-order valence-corrected chi connectivity index (χ2v) is 11.4. The minimum absolute atomic E-state index is 0.0754. The van der Waals surface area contributed by atoms with Gasteiger partial charge in [-0.3, -0.25) is 4.79 Å². The van der Waals surface area contributed by atoms with Crippen LogP contribution in [0.1, 0.15) is 67.2 Å². The fourth-order valence-corrected chi connectivity index (χ4v) is 4.82. The molecular weight excluding hydrogens is 496 g/mol. The number of hydrogen-bond donors (Lipinski definition) is 2. The summed E-state index contributed by atoms with van der Waals surface area (Å²) >= 11 is 0. The number of Topliss-reactive ketones (excluding diaryl/α,β-unsaturated/α-hetero) is 1. The second-order valence-electron chi connectivity index (χ2n) is 11.4. The summed E-state index contributed by atoms with van der Waals surface area (Å²) in [7, 11) is 0. The van der Waals surface area contributed by atoms with Gasteiger partial charge < -0.3 is 24.1 Å². The van der Waals surface area contributed by atoms with E-state index in [0.717, 1.165) is 17.5 Å². The van der Waals surface area contributed by atoms with Crippen molar-refractivity contribution in [1.29, 1.82) is 0 Å². The molecule has 1 unspecified atom stereocenters. The van der Waals surface area contributed by atoms with E-state index in [4.69, 9.17) is 13.9 Å². The Morgan fingerprint density at radius 1 is 1.05 bits per heavy atom. The summed E-state index contributed by atoms with van der Waals surface area (Å²) in [5, 5.41) is 21.7. The Kier molecular flexibility index (Phi) is 8.17. The van der Waals surface area contributed by atoms with Crippen molar-refractivity contribution in [2.75, 3.05) is 0 Å². The number of rotatable bonds is 7. The summed E-state index contributed by atoms with van der Waals surface area (Å²) in [4.78, 5) is 26.0. The maximum absolute atomic E-state index is 13.1. The van der Waals surface area contributed by atoms with Gasteiger partial charge in [-0.1, -0.05) is 30.7 Å². The normalized spacial score (nSPS) is 22.5. The quantitative estimate of drug-likeness (QED) is 0.243. The van der Waals surface area contributed by atoms with E-state index in [1.54, 1.807) is 31.2 Å². The maximum atomic E-state index is 13.1. The molecule has 0 saturated carbocycles. The van der Waals surface area contributed by atoms with Crippen LogP contribution in [0.3, 0.4) is 0 Å². The summed E-state index contributed by atoms with van der Waals surface area (Å²) in [6.07, 6.45) is -0.563. The zero-order valence-corrected chi connectivity index (χ0v) is 23.7. The van der Waals surface area contributed by atoms with E-state index in [1.807, 2.05) is 53.7 Å². The number of carbonyl (C=O) groups excluding carboxylic acids is 1. The van der Waals surface area contributed by atoms with Gasteiger partial charge in [0, 0.05) is 34.4 Å². The predicted molar refractivity (Wildman–Crippen MR) is 150 cm³/mol. The number of aliphatic hydroxyl groups excluding tert-OH is 2. The molecule has 0 bridgehead atoms. The van der Waals surface area contributed by atoms with E-state index >= 15 is 0 Å². The Morgan fingerprint density at radius 2 is 1.77 bits per heavy atom. The summed E-state index contributed by atoms with van der Waals surface area (Å²) in [6.45, 7) is 13.3.